The van der Waals surface area contributed by atoms with Crippen LogP contribution in [0.2, 0.25) is 0 Å². The summed E-state index contributed by atoms with van der Waals surface area (Å²) < 4.78 is 5.11. The number of nitrogens with zero attached hydrogens (tertiary/aromatic N) is 2. The Labute approximate surface area is 182 Å². The molecule has 162 valence electrons. The molecule has 1 unspecified atom stereocenters. The van der Waals surface area contributed by atoms with Crippen molar-refractivity contribution in [2.24, 2.45) is 0 Å². The van der Waals surface area contributed by atoms with Gasteiger partial charge in [-0.05, 0) is 57.0 Å². The molecule has 1 atom stereocenters. The number of piperidine rings is 1. The van der Waals surface area contributed by atoms with E-state index in [-0.39, 0.29) is 30.0 Å². The molecule has 2 aliphatic rings. The molecular weight excluding hydrogens is 394 g/mol. The number of carbonyl (C=O) groups is 3. The Morgan fingerprint density at radius 3 is 2.39 bits per heavy atom. The summed E-state index contributed by atoms with van der Waals surface area (Å²) in [5.41, 5.74) is 3.13. The van der Waals surface area contributed by atoms with Gasteiger partial charge in [0.25, 0.3) is 5.91 Å². The molecule has 4 rings (SSSR count). The van der Waals surface area contributed by atoms with Crippen LogP contribution < -0.4 is 5.32 Å². The molecule has 2 aliphatic heterocycles. The highest BCUT2D eigenvalue weighted by Gasteiger charge is 2.42. The van der Waals surface area contributed by atoms with Crippen molar-refractivity contribution >= 4 is 23.5 Å². The fraction of sp³-hybridized carbons (Fsp3) is 0.375. The number of amides is 2. The highest BCUT2D eigenvalue weighted by molar-refractivity contribution is 6.00. The second-order valence-corrected chi connectivity index (χ2v) is 7.90. The van der Waals surface area contributed by atoms with Crippen molar-refractivity contribution in [2.75, 3.05) is 25.0 Å². The van der Waals surface area contributed by atoms with E-state index in [1.807, 2.05) is 41.3 Å². The number of hydrogen-bond acceptors (Lipinski definition) is 5. The molecule has 1 fully saturated rings. The molecule has 0 radical (unpaired) electrons. The van der Waals surface area contributed by atoms with Gasteiger partial charge in [0.2, 0.25) is 0 Å². The van der Waals surface area contributed by atoms with Crippen molar-refractivity contribution in [1.29, 1.82) is 0 Å². The normalized spacial score (nSPS) is 18.6. The maximum Gasteiger partial charge on any atom is 0.409 e. The maximum absolute atomic E-state index is 13.3. The Morgan fingerprint density at radius 1 is 1.06 bits per heavy atom. The summed E-state index contributed by atoms with van der Waals surface area (Å²) in [7, 11) is 0. The van der Waals surface area contributed by atoms with Crippen LogP contribution in [-0.4, -0.2) is 53.3 Å². The largest absolute Gasteiger partial charge is 0.450 e. The minimum absolute atomic E-state index is 0.00282. The minimum Gasteiger partial charge on any atom is -0.450 e. The summed E-state index contributed by atoms with van der Waals surface area (Å²) in [5.74, 6) is 0.0194. The number of rotatable bonds is 5. The van der Waals surface area contributed by atoms with E-state index in [0.717, 1.165) is 11.3 Å². The summed E-state index contributed by atoms with van der Waals surface area (Å²) in [5, 5.41) is 3.48. The molecule has 0 saturated carbocycles. The van der Waals surface area contributed by atoms with Crippen LogP contribution in [0.25, 0.3) is 0 Å². The zero-order valence-corrected chi connectivity index (χ0v) is 17.8. The first-order valence-electron chi connectivity index (χ1n) is 10.7. The lowest BCUT2D eigenvalue weighted by molar-refractivity contribution is 0.0496. The number of benzene rings is 2. The average Bonchev–Trinajstić information content (AvgIpc) is 3.06. The highest BCUT2D eigenvalue weighted by atomic mass is 16.6. The molecule has 0 aliphatic carbocycles. The number of likely N-dealkylation sites (tertiary alicyclic amines) is 1. The van der Waals surface area contributed by atoms with E-state index in [1.165, 1.54) is 0 Å². The SMILES string of the molecule is CCOC(=O)N1CCC(N2C(=O)c3ccccc3C2Nc2ccc(C(C)=O)cc2)CC1. The van der Waals surface area contributed by atoms with E-state index < -0.39 is 0 Å². The molecule has 1 saturated heterocycles. The number of hydrogen-bond donors (Lipinski definition) is 1. The molecule has 1 N–H and O–H groups in total. The van der Waals surface area contributed by atoms with E-state index in [0.29, 0.717) is 43.7 Å². The predicted octanol–water partition coefficient (Wildman–Crippen LogP) is 4.08. The van der Waals surface area contributed by atoms with Gasteiger partial charge in [-0.25, -0.2) is 4.79 Å². The van der Waals surface area contributed by atoms with Gasteiger partial charge in [0, 0.05) is 41.5 Å². The summed E-state index contributed by atoms with van der Waals surface area (Å²) in [6.45, 7) is 4.81. The number of nitrogens with one attached hydrogen (secondary N) is 1. The zero-order valence-electron chi connectivity index (χ0n) is 17.8. The number of Topliss-reactive ketones (excluding diaryl/α,β-unsaturated/α-hetero) is 1. The third-order valence-corrected chi connectivity index (χ3v) is 5.98. The zero-order chi connectivity index (χ0) is 22.0. The van der Waals surface area contributed by atoms with Crippen LogP contribution in [0, 0.1) is 0 Å². The van der Waals surface area contributed by atoms with Crippen LogP contribution in [0.3, 0.4) is 0 Å². The van der Waals surface area contributed by atoms with Gasteiger partial charge in [-0.2, -0.15) is 0 Å². The van der Waals surface area contributed by atoms with Gasteiger partial charge >= 0.3 is 6.09 Å². The van der Waals surface area contributed by atoms with Crippen molar-refractivity contribution < 1.29 is 19.1 Å². The van der Waals surface area contributed by atoms with Gasteiger partial charge in [0.15, 0.2) is 5.78 Å². The Morgan fingerprint density at radius 2 is 1.74 bits per heavy atom. The molecule has 2 heterocycles. The third-order valence-electron chi connectivity index (χ3n) is 5.98. The molecule has 2 amide bonds. The lowest BCUT2D eigenvalue weighted by atomic mass is 10.0. The monoisotopic (exact) mass is 421 g/mol. The van der Waals surface area contributed by atoms with Gasteiger partial charge in [0.05, 0.1) is 6.61 Å². The molecule has 0 bridgehead atoms. The van der Waals surface area contributed by atoms with Crippen molar-refractivity contribution in [2.45, 2.75) is 38.9 Å². The van der Waals surface area contributed by atoms with Crippen LogP contribution >= 0.6 is 0 Å². The Kier molecular flexibility index (Phi) is 5.93. The summed E-state index contributed by atoms with van der Waals surface area (Å²) in [4.78, 5) is 40.5. The van der Waals surface area contributed by atoms with E-state index in [4.69, 9.17) is 4.74 Å². The summed E-state index contributed by atoms with van der Waals surface area (Å²) >= 11 is 0. The molecule has 7 heteroatoms. The summed E-state index contributed by atoms with van der Waals surface area (Å²) in [6, 6.07) is 15.0. The fourth-order valence-electron chi connectivity index (χ4n) is 4.36. The maximum atomic E-state index is 13.3. The van der Waals surface area contributed by atoms with Gasteiger partial charge in [-0.3, -0.25) is 9.59 Å². The molecule has 31 heavy (non-hydrogen) atoms. The molecule has 0 spiro atoms. The Balaban J connectivity index is 1.55. The Bertz CT molecular complexity index is 981. The van der Waals surface area contributed by atoms with E-state index >= 15 is 0 Å². The van der Waals surface area contributed by atoms with Gasteiger partial charge in [0.1, 0.15) is 6.17 Å². The topological polar surface area (TPSA) is 79.0 Å². The fourth-order valence-corrected chi connectivity index (χ4v) is 4.36. The second kappa shape index (κ2) is 8.79. The number of carbonyl (C=O) groups excluding carboxylic acids is 3. The van der Waals surface area contributed by atoms with Crippen molar-refractivity contribution in [3.05, 3.63) is 65.2 Å². The standard InChI is InChI=1S/C24H27N3O4/c1-3-31-24(30)26-14-12-19(13-15-26)27-22(20-6-4-5-7-21(20)23(27)29)25-18-10-8-17(9-11-18)16(2)28/h4-11,19,22,25H,3,12-15H2,1-2H3. The molecule has 0 aromatic heterocycles. The lowest BCUT2D eigenvalue weighted by Gasteiger charge is -2.39. The van der Waals surface area contributed by atoms with Crippen LogP contribution in [-0.2, 0) is 4.74 Å². The van der Waals surface area contributed by atoms with E-state index in [9.17, 15) is 14.4 Å². The van der Waals surface area contributed by atoms with Crippen LogP contribution in [0.5, 0.6) is 0 Å². The van der Waals surface area contributed by atoms with Crippen LogP contribution in [0.15, 0.2) is 48.5 Å². The molecule has 2 aromatic rings. The Hall–Kier alpha value is -3.35. The van der Waals surface area contributed by atoms with Gasteiger partial charge < -0.3 is 19.9 Å². The first-order chi connectivity index (χ1) is 15.0. The second-order valence-electron chi connectivity index (χ2n) is 7.90. The van der Waals surface area contributed by atoms with Crippen LogP contribution in [0.1, 0.15) is 59.1 Å². The third kappa shape index (κ3) is 4.13. The predicted molar refractivity (Wildman–Crippen MR) is 117 cm³/mol. The first kappa shape index (κ1) is 20.9. The lowest BCUT2D eigenvalue weighted by Crippen LogP contribution is -2.49. The number of anilines is 1. The number of fused-ring (bicyclic) bond motifs is 1. The highest BCUT2D eigenvalue weighted by Crippen LogP contribution is 2.38. The van der Waals surface area contributed by atoms with E-state index in [2.05, 4.69) is 5.32 Å². The molecule has 7 nitrogen and oxygen atoms in total. The van der Waals surface area contributed by atoms with Crippen molar-refractivity contribution in [3.63, 3.8) is 0 Å². The first-order valence-corrected chi connectivity index (χ1v) is 10.7. The quantitative estimate of drug-likeness (QED) is 0.736. The van der Waals surface area contributed by atoms with Gasteiger partial charge in [-0.15, -0.1) is 0 Å². The number of ketones is 1. The molecule has 2 aromatic carbocycles. The minimum atomic E-state index is -0.300. The molecular formula is C24H27N3O4. The van der Waals surface area contributed by atoms with E-state index in [1.54, 1.807) is 30.9 Å². The van der Waals surface area contributed by atoms with Crippen molar-refractivity contribution in [3.8, 4) is 0 Å². The smallest absolute Gasteiger partial charge is 0.409 e. The van der Waals surface area contributed by atoms with Gasteiger partial charge in [-0.1, -0.05) is 18.2 Å². The van der Waals surface area contributed by atoms with Crippen LogP contribution in [0.4, 0.5) is 10.5 Å². The van der Waals surface area contributed by atoms with Crippen molar-refractivity contribution in [1.82, 2.24) is 9.80 Å². The number of ether oxygens (including phenoxy) is 1. The summed E-state index contributed by atoms with van der Waals surface area (Å²) in [6.07, 6.45) is 0.795. The average molecular weight is 421 g/mol.